The molecule has 1 aromatic rings. The van der Waals surface area contributed by atoms with Crippen LogP contribution in [0.4, 0.5) is 0 Å². The maximum Gasteiger partial charge on any atom is 0.119 e. The zero-order valence-electron chi connectivity index (χ0n) is 11.6. The van der Waals surface area contributed by atoms with Gasteiger partial charge in [-0.05, 0) is 50.7 Å². The Labute approximate surface area is 110 Å². The highest BCUT2D eigenvalue weighted by atomic mass is 16.5. The Balaban J connectivity index is 1.85. The van der Waals surface area contributed by atoms with E-state index in [0.29, 0.717) is 6.04 Å². The van der Waals surface area contributed by atoms with E-state index >= 15 is 0 Å². The summed E-state index contributed by atoms with van der Waals surface area (Å²) in [6.45, 7) is 5.12. The Morgan fingerprint density at radius 2 is 2.00 bits per heavy atom. The minimum atomic E-state index is 0.524. The fourth-order valence-corrected chi connectivity index (χ4v) is 2.31. The molecule has 0 bridgehead atoms. The molecule has 1 aliphatic heterocycles. The smallest absolute Gasteiger partial charge is 0.119 e. The lowest BCUT2D eigenvalue weighted by Gasteiger charge is -2.13. The summed E-state index contributed by atoms with van der Waals surface area (Å²) < 4.78 is 5.69. The summed E-state index contributed by atoms with van der Waals surface area (Å²) in [7, 11) is 4.11. The van der Waals surface area contributed by atoms with Gasteiger partial charge in [-0.3, -0.25) is 0 Å². The number of benzene rings is 1. The Kier molecular flexibility index (Phi) is 4.61. The largest absolute Gasteiger partial charge is 0.492 e. The van der Waals surface area contributed by atoms with Crippen LogP contribution in [0.15, 0.2) is 24.3 Å². The summed E-state index contributed by atoms with van der Waals surface area (Å²) in [4.78, 5) is 2.12. The zero-order chi connectivity index (χ0) is 13.0. The summed E-state index contributed by atoms with van der Waals surface area (Å²) in [5.74, 6) is 1.75. The number of nitrogens with one attached hydrogen (secondary N) is 1. The second-order valence-corrected chi connectivity index (χ2v) is 5.52. The molecule has 1 aliphatic rings. The molecule has 2 atom stereocenters. The average Bonchev–Trinajstić information content (AvgIpc) is 2.76. The molecule has 0 aromatic heterocycles. The van der Waals surface area contributed by atoms with Gasteiger partial charge in [0.25, 0.3) is 0 Å². The van der Waals surface area contributed by atoms with Crippen molar-refractivity contribution in [3.05, 3.63) is 29.8 Å². The lowest BCUT2D eigenvalue weighted by Crippen LogP contribution is -2.19. The van der Waals surface area contributed by atoms with Crippen LogP contribution in [0.3, 0.4) is 0 Å². The first-order valence-corrected chi connectivity index (χ1v) is 6.76. The summed E-state index contributed by atoms with van der Waals surface area (Å²) in [6.07, 6.45) is 1.24. The van der Waals surface area contributed by atoms with E-state index in [2.05, 4.69) is 55.5 Å². The Hall–Kier alpha value is -1.06. The lowest BCUT2D eigenvalue weighted by molar-refractivity contribution is 0.261. The molecule has 0 saturated carbocycles. The number of hydrogen-bond acceptors (Lipinski definition) is 3. The van der Waals surface area contributed by atoms with Gasteiger partial charge in [0.1, 0.15) is 12.4 Å². The summed E-state index contributed by atoms with van der Waals surface area (Å²) in [6, 6.07) is 9.04. The highest BCUT2D eigenvalue weighted by molar-refractivity contribution is 5.29. The predicted molar refractivity (Wildman–Crippen MR) is 75.0 cm³/mol. The Bertz CT molecular complexity index is 361. The highest BCUT2D eigenvalue weighted by Crippen LogP contribution is 2.27. The first-order valence-electron chi connectivity index (χ1n) is 6.76. The van der Waals surface area contributed by atoms with Crippen LogP contribution in [0.2, 0.25) is 0 Å². The fourth-order valence-electron chi connectivity index (χ4n) is 2.31. The summed E-state index contributed by atoms with van der Waals surface area (Å²) in [5, 5.41) is 3.55. The van der Waals surface area contributed by atoms with Crippen molar-refractivity contribution in [2.24, 2.45) is 5.92 Å². The SMILES string of the molecule is C[C@@H]1CN[C@@H](c2ccc(OCCN(C)C)cc2)C1. The number of hydrogen-bond donors (Lipinski definition) is 1. The standard InChI is InChI=1S/C15H24N2O/c1-12-10-15(16-11-12)13-4-6-14(7-5-13)18-9-8-17(2)3/h4-7,12,15-16H,8-11H2,1-3H3/t12-,15+/m0/s1. The molecule has 1 heterocycles. The minimum absolute atomic E-state index is 0.524. The molecule has 2 rings (SSSR count). The predicted octanol–water partition coefficient (Wildman–Crippen LogP) is 2.30. The molecule has 0 spiro atoms. The van der Waals surface area contributed by atoms with E-state index in [1.807, 2.05) is 0 Å². The highest BCUT2D eigenvalue weighted by Gasteiger charge is 2.21. The van der Waals surface area contributed by atoms with Crippen molar-refractivity contribution >= 4 is 0 Å². The topological polar surface area (TPSA) is 24.5 Å². The molecule has 18 heavy (non-hydrogen) atoms. The third-order valence-electron chi connectivity index (χ3n) is 3.44. The van der Waals surface area contributed by atoms with Crippen LogP contribution >= 0.6 is 0 Å². The molecule has 0 aliphatic carbocycles. The average molecular weight is 248 g/mol. The first-order chi connectivity index (χ1) is 8.65. The van der Waals surface area contributed by atoms with Crippen molar-refractivity contribution in [3.63, 3.8) is 0 Å². The molecule has 0 amide bonds. The van der Waals surface area contributed by atoms with Gasteiger partial charge in [-0.1, -0.05) is 19.1 Å². The summed E-state index contributed by atoms with van der Waals surface area (Å²) in [5.41, 5.74) is 1.37. The number of nitrogens with zero attached hydrogens (tertiary/aromatic N) is 1. The van der Waals surface area contributed by atoms with Gasteiger partial charge < -0.3 is 15.0 Å². The molecule has 3 nitrogen and oxygen atoms in total. The molecule has 1 fully saturated rings. The van der Waals surface area contributed by atoms with Crippen molar-refractivity contribution in [1.82, 2.24) is 10.2 Å². The minimum Gasteiger partial charge on any atom is -0.492 e. The van der Waals surface area contributed by atoms with E-state index in [4.69, 9.17) is 4.74 Å². The molecule has 0 radical (unpaired) electrons. The molecule has 100 valence electrons. The van der Waals surface area contributed by atoms with E-state index in [9.17, 15) is 0 Å². The quantitative estimate of drug-likeness (QED) is 0.865. The van der Waals surface area contributed by atoms with Gasteiger partial charge in [-0.15, -0.1) is 0 Å². The van der Waals surface area contributed by atoms with Gasteiger partial charge >= 0.3 is 0 Å². The number of likely N-dealkylation sites (N-methyl/N-ethyl adjacent to an activating group) is 1. The van der Waals surface area contributed by atoms with E-state index in [-0.39, 0.29) is 0 Å². The maximum absolute atomic E-state index is 5.69. The Morgan fingerprint density at radius 1 is 1.28 bits per heavy atom. The molecule has 0 unspecified atom stereocenters. The van der Waals surface area contributed by atoms with E-state index in [0.717, 1.165) is 31.4 Å². The van der Waals surface area contributed by atoms with Gasteiger partial charge in [-0.25, -0.2) is 0 Å². The molecular weight excluding hydrogens is 224 g/mol. The zero-order valence-corrected chi connectivity index (χ0v) is 11.6. The fraction of sp³-hybridized carbons (Fsp3) is 0.600. The van der Waals surface area contributed by atoms with Crippen molar-refractivity contribution < 1.29 is 4.74 Å². The summed E-state index contributed by atoms with van der Waals surface area (Å²) >= 11 is 0. The van der Waals surface area contributed by atoms with Gasteiger partial charge in [0.15, 0.2) is 0 Å². The van der Waals surface area contributed by atoms with Gasteiger partial charge in [0.05, 0.1) is 0 Å². The van der Waals surface area contributed by atoms with Crippen molar-refractivity contribution in [3.8, 4) is 5.75 Å². The van der Waals surface area contributed by atoms with Crippen LogP contribution in [-0.4, -0.2) is 38.7 Å². The molecular formula is C15H24N2O. The molecule has 1 saturated heterocycles. The second kappa shape index (κ2) is 6.21. The van der Waals surface area contributed by atoms with Crippen molar-refractivity contribution in [2.45, 2.75) is 19.4 Å². The van der Waals surface area contributed by atoms with Crippen LogP contribution in [0, 0.1) is 5.92 Å². The second-order valence-electron chi connectivity index (χ2n) is 5.52. The van der Waals surface area contributed by atoms with Crippen molar-refractivity contribution in [1.29, 1.82) is 0 Å². The maximum atomic E-state index is 5.69. The van der Waals surface area contributed by atoms with Crippen molar-refractivity contribution in [2.75, 3.05) is 33.8 Å². The van der Waals surface area contributed by atoms with Gasteiger partial charge in [-0.2, -0.15) is 0 Å². The number of ether oxygens (including phenoxy) is 1. The van der Waals surface area contributed by atoms with E-state index < -0.39 is 0 Å². The Morgan fingerprint density at radius 3 is 2.56 bits per heavy atom. The third-order valence-corrected chi connectivity index (χ3v) is 3.44. The van der Waals surface area contributed by atoms with E-state index in [1.165, 1.54) is 12.0 Å². The van der Waals surface area contributed by atoms with Crippen LogP contribution in [0.25, 0.3) is 0 Å². The first kappa shape index (κ1) is 13.4. The van der Waals surface area contributed by atoms with Gasteiger partial charge in [0.2, 0.25) is 0 Å². The van der Waals surface area contributed by atoms with Crippen LogP contribution < -0.4 is 10.1 Å². The van der Waals surface area contributed by atoms with Crippen LogP contribution in [0.1, 0.15) is 24.9 Å². The third kappa shape index (κ3) is 3.72. The normalized spacial score (nSPS) is 23.6. The molecule has 1 N–H and O–H groups in total. The monoisotopic (exact) mass is 248 g/mol. The number of rotatable bonds is 5. The molecule has 3 heteroatoms. The van der Waals surface area contributed by atoms with E-state index in [1.54, 1.807) is 0 Å². The van der Waals surface area contributed by atoms with Crippen LogP contribution in [0.5, 0.6) is 5.75 Å². The van der Waals surface area contributed by atoms with Gasteiger partial charge in [0, 0.05) is 12.6 Å². The molecule has 1 aromatic carbocycles. The van der Waals surface area contributed by atoms with Crippen LogP contribution in [-0.2, 0) is 0 Å². The lowest BCUT2D eigenvalue weighted by atomic mass is 10.0.